The second-order valence-corrected chi connectivity index (χ2v) is 17.2. The highest BCUT2D eigenvalue weighted by Crippen LogP contribution is 2.20. The highest BCUT2D eigenvalue weighted by atomic mass is 16.5. The van der Waals surface area contributed by atoms with Crippen molar-refractivity contribution in [3.8, 4) is 0 Å². The standard InChI is InChI=1S/C47H93NO5/c1-6-9-12-15-18-19-20-26-34-41-52-45(50)37-31-27-33-40-48(42-47(4,5)43-49)39-32-25-21-24-30-38-46(51)53-44(35-28-22-16-13-10-7-2)36-29-23-17-14-11-8-3/h44,49H,6-43H2,1-5H3. The van der Waals surface area contributed by atoms with E-state index in [-0.39, 0.29) is 30.1 Å². The maximum atomic E-state index is 12.8. The van der Waals surface area contributed by atoms with Gasteiger partial charge in [-0.2, -0.15) is 0 Å². The lowest BCUT2D eigenvalue weighted by Gasteiger charge is -2.31. The summed E-state index contributed by atoms with van der Waals surface area (Å²) in [5.74, 6) is -0.0336. The van der Waals surface area contributed by atoms with Crippen LogP contribution in [0, 0.1) is 5.41 Å². The number of nitrogens with zero attached hydrogens (tertiary/aromatic N) is 1. The van der Waals surface area contributed by atoms with Crippen molar-refractivity contribution < 1.29 is 24.2 Å². The Morgan fingerprint density at radius 3 is 1.36 bits per heavy atom. The van der Waals surface area contributed by atoms with Gasteiger partial charge >= 0.3 is 11.9 Å². The minimum absolute atomic E-state index is 0.0106. The van der Waals surface area contributed by atoms with Gasteiger partial charge < -0.3 is 19.5 Å². The third-order valence-corrected chi connectivity index (χ3v) is 10.9. The van der Waals surface area contributed by atoms with Crippen LogP contribution < -0.4 is 0 Å². The summed E-state index contributed by atoms with van der Waals surface area (Å²) >= 11 is 0. The van der Waals surface area contributed by atoms with Gasteiger partial charge in [-0.15, -0.1) is 0 Å². The Labute approximate surface area is 331 Å². The number of aliphatic hydroxyl groups excluding tert-OH is 1. The van der Waals surface area contributed by atoms with Gasteiger partial charge in [-0.3, -0.25) is 9.59 Å². The zero-order valence-electron chi connectivity index (χ0n) is 36.5. The van der Waals surface area contributed by atoms with Crippen molar-refractivity contribution >= 4 is 11.9 Å². The summed E-state index contributed by atoms with van der Waals surface area (Å²) in [5, 5.41) is 9.90. The van der Waals surface area contributed by atoms with E-state index in [1.54, 1.807) is 0 Å². The van der Waals surface area contributed by atoms with Crippen LogP contribution in [-0.4, -0.2) is 60.9 Å². The third-order valence-electron chi connectivity index (χ3n) is 10.9. The molecule has 0 aromatic heterocycles. The first kappa shape index (κ1) is 51.9. The fourth-order valence-corrected chi connectivity index (χ4v) is 7.32. The molecule has 0 amide bonds. The van der Waals surface area contributed by atoms with Gasteiger partial charge in [-0.1, -0.05) is 176 Å². The number of hydrogen-bond donors (Lipinski definition) is 1. The Balaban J connectivity index is 4.24. The first-order chi connectivity index (χ1) is 25.8. The molecule has 0 heterocycles. The first-order valence-corrected chi connectivity index (χ1v) is 23.5. The van der Waals surface area contributed by atoms with Crippen LogP contribution in [0.5, 0.6) is 0 Å². The minimum atomic E-state index is -0.124. The van der Waals surface area contributed by atoms with E-state index >= 15 is 0 Å². The zero-order chi connectivity index (χ0) is 39.1. The highest BCUT2D eigenvalue weighted by molar-refractivity contribution is 5.69. The summed E-state index contributed by atoms with van der Waals surface area (Å²) in [4.78, 5) is 27.5. The molecule has 0 saturated carbocycles. The van der Waals surface area contributed by atoms with Gasteiger partial charge in [0.25, 0.3) is 0 Å². The topological polar surface area (TPSA) is 76.1 Å². The molecule has 0 saturated heterocycles. The molecule has 0 aliphatic rings. The molecule has 1 N–H and O–H groups in total. The third kappa shape index (κ3) is 37.6. The van der Waals surface area contributed by atoms with Crippen LogP contribution in [0.25, 0.3) is 0 Å². The zero-order valence-corrected chi connectivity index (χ0v) is 36.5. The molecule has 0 radical (unpaired) electrons. The lowest BCUT2D eigenvalue weighted by Crippen LogP contribution is -2.37. The van der Waals surface area contributed by atoms with Gasteiger partial charge in [0, 0.05) is 31.4 Å². The number of esters is 2. The number of rotatable bonds is 42. The van der Waals surface area contributed by atoms with E-state index in [0.717, 1.165) is 96.7 Å². The number of ether oxygens (including phenoxy) is 2. The van der Waals surface area contributed by atoms with Crippen LogP contribution >= 0.6 is 0 Å². The van der Waals surface area contributed by atoms with Crippen LogP contribution in [0.15, 0.2) is 0 Å². The van der Waals surface area contributed by atoms with E-state index < -0.39 is 0 Å². The molecule has 0 aromatic rings. The molecule has 0 spiro atoms. The van der Waals surface area contributed by atoms with Gasteiger partial charge in [0.05, 0.1) is 6.61 Å². The van der Waals surface area contributed by atoms with Crippen LogP contribution in [0.2, 0.25) is 0 Å². The quantitative estimate of drug-likeness (QED) is 0.0494. The van der Waals surface area contributed by atoms with Crippen molar-refractivity contribution in [2.24, 2.45) is 5.41 Å². The molecule has 0 aromatic carbocycles. The van der Waals surface area contributed by atoms with Gasteiger partial charge in [0.2, 0.25) is 0 Å². The Morgan fingerprint density at radius 1 is 0.509 bits per heavy atom. The van der Waals surface area contributed by atoms with E-state index in [0.29, 0.717) is 19.4 Å². The lowest BCUT2D eigenvalue weighted by molar-refractivity contribution is -0.150. The Kier molecular flexibility index (Phi) is 38.3. The number of aliphatic hydroxyl groups is 1. The van der Waals surface area contributed by atoms with E-state index in [1.807, 2.05) is 0 Å². The molecule has 0 rings (SSSR count). The molecule has 53 heavy (non-hydrogen) atoms. The van der Waals surface area contributed by atoms with Crippen LogP contribution in [0.4, 0.5) is 0 Å². The Morgan fingerprint density at radius 2 is 0.887 bits per heavy atom. The summed E-state index contributed by atoms with van der Waals surface area (Å²) in [6, 6.07) is 0. The van der Waals surface area contributed by atoms with Crippen LogP contribution in [-0.2, 0) is 19.1 Å². The second-order valence-electron chi connectivity index (χ2n) is 17.2. The van der Waals surface area contributed by atoms with Crippen LogP contribution in [0.3, 0.4) is 0 Å². The smallest absolute Gasteiger partial charge is 0.306 e. The molecule has 6 heteroatoms. The summed E-state index contributed by atoms with van der Waals surface area (Å²) in [5.41, 5.74) is -0.124. The number of carbonyl (C=O) groups excluding carboxylic acids is 2. The maximum absolute atomic E-state index is 12.8. The van der Waals surface area contributed by atoms with E-state index in [9.17, 15) is 14.7 Å². The van der Waals surface area contributed by atoms with Gasteiger partial charge in [-0.25, -0.2) is 0 Å². The number of carbonyl (C=O) groups is 2. The molecule has 0 bridgehead atoms. The van der Waals surface area contributed by atoms with Crippen molar-refractivity contribution in [2.75, 3.05) is 32.8 Å². The fourth-order valence-electron chi connectivity index (χ4n) is 7.32. The summed E-state index contributed by atoms with van der Waals surface area (Å²) in [6.07, 6.45) is 38.4. The van der Waals surface area contributed by atoms with Crippen molar-refractivity contribution in [1.29, 1.82) is 0 Å². The largest absolute Gasteiger partial charge is 0.466 e. The molecule has 0 aliphatic carbocycles. The molecule has 316 valence electrons. The van der Waals surface area contributed by atoms with Crippen molar-refractivity contribution in [3.05, 3.63) is 0 Å². The molecule has 6 nitrogen and oxygen atoms in total. The summed E-state index contributed by atoms with van der Waals surface area (Å²) in [6.45, 7) is 14.7. The van der Waals surface area contributed by atoms with Crippen LogP contribution in [0.1, 0.15) is 247 Å². The van der Waals surface area contributed by atoms with Crippen molar-refractivity contribution in [3.63, 3.8) is 0 Å². The van der Waals surface area contributed by atoms with E-state index in [2.05, 4.69) is 39.5 Å². The predicted octanol–water partition coefficient (Wildman–Crippen LogP) is 13.7. The van der Waals surface area contributed by atoms with E-state index in [1.165, 1.54) is 122 Å². The van der Waals surface area contributed by atoms with Crippen molar-refractivity contribution in [2.45, 2.75) is 253 Å². The average Bonchev–Trinajstić information content (AvgIpc) is 3.14. The normalized spacial score (nSPS) is 11.9. The fraction of sp³-hybridized carbons (Fsp3) is 0.957. The monoisotopic (exact) mass is 752 g/mol. The number of hydrogen-bond acceptors (Lipinski definition) is 6. The molecule has 0 aliphatic heterocycles. The lowest BCUT2D eigenvalue weighted by atomic mass is 9.93. The molecular formula is C47H93NO5. The maximum Gasteiger partial charge on any atom is 0.306 e. The minimum Gasteiger partial charge on any atom is -0.466 e. The van der Waals surface area contributed by atoms with Gasteiger partial charge in [0.15, 0.2) is 0 Å². The Bertz CT molecular complexity index is 771. The SMILES string of the molecule is CCCCCCCCCCCOC(=O)CCCCCN(CCCCCCCC(=O)OC(CCCCCCCC)CCCCCCCC)CC(C)(C)CO. The Hall–Kier alpha value is -1.14. The summed E-state index contributed by atoms with van der Waals surface area (Å²) < 4.78 is 11.5. The van der Waals surface area contributed by atoms with E-state index in [4.69, 9.17) is 9.47 Å². The second kappa shape index (κ2) is 39.1. The average molecular weight is 752 g/mol. The molecule has 0 fully saturated rings. The summed E-state index contributed by atoms with van der Waals surface area (Å²) in [7, 11) is 0. The highest BCUT2D eigenvalue weighted by Gasteiger charge is 2.21. The van der Waals surface area contributed by atoms with Crippen molar-refractivity contribution in [1.82, 2.24) is 4.90 Å². The molecule has 0 atom stereocenters. The molecular weight excluding hydrogens is 659 g/mol. The predicted molar refractivity (Wildman–Crippen MR) is 228 cm³/mol. The first-order valence-electron chi connectivity index (χ1n) is 23.5. The van der Waals surface area contributed by atoms with Gasteiger partial charge in [0.1, 0.15) is 6.10 Å². The van der Waals surface area contributed by atoms with Gasteiger partial charge in [-0.05, 0) is 70.9 Å². The molecule has 0 unspecified atom stereocenters. The number of unbranched alkanes of at least 4 members (excludes halogenated alkanes) is 24.